The minimum absolute atomic E-state index is 0.0223. The quantitative estimate of drug-likeness (QED) is 0.377. The van der Waals surface area contributed by atoms with Crippen molar-refractivity contribution in [1.82, 2.24) is 14.3 Å². The molecular weight excluding hydrogens is 399 g/mol. The van der Waals surface area contributed by atoms with E-state index in [0.717, 1.165) is 0 Å². The molecule has 8 heteroatoms. The number of hydrogen-bond acceptors (Lipinski definition) is 4. The van der Waals surface area contributed by atoms with Crippen LogP contribution >= 0.6 is 22.6 Å². The van der Waals surface area contributed by atoms with Gasteiger partial charge in [-0.1, -0.05) is 12.1 Å². The molecule has 3 aromatic rings. The minimum Gasteiger partial charge on any atom is -0.318 e. The van der Waals surface area contributed by atoms with E-state index >= 15 is 0 Å². The molecule has 1 aromatic carbocycles. The normalized spacial score (nSPS) is 11.0. The molecule has 2 aromatic heterocycles. The van der Waals surface area contributed by atoms with Crippen LogP contribution in [0.25, 0.3) is 10.9 Å². The zero-order chi connectivity index (χ0) is 15.9. The molecule has 0 spiro atoms. The summed E-state index contributed by atoms with van der Waals surface area (Å²) in [5.41, 5.74) is 1.14. The zero-order valence-corrected chi connectivity index (χ0v) is 13.7. The summed E-state index contributed by atoms with van der Waals surface area (Å²) < 4.78 is 3.67. The van der Waals surface area contributed by atoms with Crippen LogP contribution in [0.1, 0.15) is 5.56 Å². The molecule has 0 N–H and O–H groups in total. The van der Waals surface area contributed by atoms with Gasteiger partial charge in [0.2, 0.25) is 0 Å². The predicted octanol–water partition coefficient (Wildman–Crippen LogP) is 2.30. The summed E-state index contributed by atoms with van der Waals surface area (Å²) in [7, 11) is 1.68. The Morgan fingerprint density at radius 1 is 1.32 bits per heavy atom. The molecule has 0 atom stereocenters. The molecule has 0 aliphatic heterocycles. The average molecular weight is 410 g/mol. The van der Waals surface area contributed by atoms with Crippen molar-refractivity contribution in [3.8, 4) is 0 Å². The van der Waals surface area contributed by atoms with Gasteiger partial charge in [0, 0.05) is 24.9 Å². The number of nitro benzene ring substituents is 1. The van der Waals surface area contributed by atoms with E-state index in [0.29, 0.717) is 20.2 Å². The Bertz CT molecular complexity index is 945. The Balaban J connectivity index is 2.17. The van der Waals surface area contributed by atoms with Gasteiger partial charge in [0.1, 0.15) is 9.09 Å². The highest BCUT2D eigenvalue weighted by atomic mass is 127. The molecule has 0 aliphatic rings. The van der Waals surface area contributed by atoms with Gasteiger partial charge >= 0.3 is 0 Å². The minimum atomic E-state index is -0.419. The third-order valence-electron chi connectivity index (χ3n) is 3.43. The molecule has 0 amide bonds. The number of rotatable bonds is 3. The van der Waals surface area contributed by atoms with Gasteiger partial charge in [0.25, 0.3) is 11.2 Å². The van der Waals surface area contributed by atoms with E-state index in [1.54, 1.807) is 42.2 Å². The molecule has 22 heavy (non-hydrogen) atoms. The van der Waals surface area contributed by atoms with Crippen molar-refractivity contribution < 1.29 is 4.92 Å². The van der Waals surface area contributed by atoms with E-state index in [2.05, 4.69) is 5.10 Å². The summed E-state index contributed by atoms with van der Waals surface area (Å²) in [6.45, 7) is 0.272. The number of aryl methyl sites for hydroxylation is 1. The molecule has 0 aliphatic carbocycles. The van der Waals surface area contributed by atoms with E-state index in [1.165, 1.54) is 10.6 Å². The molecule has 2 heterocycles. The first-order valence-corrected chi connectivity index (χ1v) is 7.51. The second kappa shape index (κ2) is 5.52. The van der Waals surface area contributed by atoms with Gasteiger partial charge in [0.15, 0.2) is 0 Å². The average Bonchev–Trinajstić information content (AvgIpc) is 2.80. The maximum absolute atomic E-state index is 12.1. The van der Waals surface area contributed by atoms with Crippen LogP contribution in [-0.4, -0.2) is 19.3 Å². The van der Waals surface area contributed by atoms with Crippen molar-refractivity contribution in [2.45, 2.75) is 6.54 Å². The van der Waals surface area contributed by atoms with Crippen molar-refractivity contribution in [2.75, 3.05) is 0 Å². The molecule has 0 fully saturated rings. The molecular formula is C14H11IN4O3. The first-order chi connectivity index (χ1) is 10.5. The van der Waals surface area contributed by atoms with E-state index in [-0.39, 0.29) is 17.8 Å². The predicted molar refractivity (Wildman–Crippen MR) is 89.9 cm³/mol. The van der Waals surface area contributed by atoms with Crippen molar-refractivity contribution >= 4 is 39.2 Å². The van der Waals surface area contributed by atoms with Crippen LogP contribution in [0.4, 0.5) is 5.69 Å². The maximum atomic E-state index is 12.1. The first-order valence-electron chi connectivity index (χ1n) is 6.43. The zero-order valence-electron chi connectivity index (χ0n) is 11.6. The Kier molecular flexibility index (Phi) is 3.69. The third-order valence-corrected chi connectivity index (χ3v) is 4.19. The lowest BCUT2D eigenvalue weighted by Gasteiger charge is -2.05. The summed E-state index contributed by atoms with van der Waals surface area (Å²) >= 11 is 1.98. The number of aromatic nitrogens is 3. The lowest BCUT2D eigenvalue weighted by Crippen LogP contribution is -2.22. The fraction of sp³-hybridized carbons (Fsp3) is 0.143. The summed E-state index contributed by atoms with van der Waals surface area (Å²) in [5, 5.41) is 16.0. The Morgan fingerprint density at radius 2 is 2.09 bits per heavy atom. The molecule has 0 radical (unpaired) electrons. The van der Waals surface area contributed by atoms with Crippen LogP contribution in [0.3, 0.4) is 0 Å². The number of nitro groups is 1. The van der Waals surface area contributed by atoms with Gasteiger partial charge in [-0.15, -0.1) is 0 Å². The van der Waals surface area contributed by atoms with Gasteiger partial charge in [-0.05, 0) is 34.7 Å². The standard InChI is InChI=1S/C14H11IN4O3/c1-17-7-3-4-9(14(17)20)8-18-10-5-2-6-11(19(21)22)12(10)13(15)16-18/h2-7H,8H2,1H3. The van der Waals surface area contributed by atoms with Crippen LogP contribution in [0, 0.1) is 13.8 Å². The van der Waals surface area contributed by atoms with E-state index in [1.807, 2.05) is 22.6 Å². The monoisotopic (exact) mass is 410 g/mol. The topological polar surface area (TPSA) is 83.0 Å². The summed E-state index contributed by atoms with van der Waals surface area (Å²) in [5.74, 6) is 0. The second-order valence-electron chi connectivity index (χ2n) is 4.83. The van der Waals surface area contributed by atoms with Gasteiger partial charge in [-0.2, -0.15) is 5.10 Å². The number of benzene rings is 1. The largest absolute Gasteiger partial charge is 0.318 e. The van der Waals surface area contributed by atoms with E-state index in [9.17, 15) is 14.9 Å². The highest BCUT2D eigenvalue weighted by Gasteiger charge is 2.19. The van der Waals surface area contributed by atoms with Gasteiger partial charge in [-0.25, -0.2) is 0 Å². The van der Waals surface area contributed by atoms with Crippen LogP contribution in [0.2, 0.25) is 0 Å². The fourth-order valence-corrected chi connectivity index (χ4v) is 3.19. The molecule has 0 saturated carbocycles. The Labute approximate surface area is 138 Å². The van der Waals surface area contributed by atoms with Crippen molar-refractivity contribution in [3.63, 3.8) is 0 Å². The molecule has 7 nitrogen and oxygen atoms in total. The second-order valence-corrected chi connectivity index (χ2v) is 5.85. The van der Waals surface area contributed by atoms with Gasteiger partial charge in [-0.3, -0.25) is 19.6 Å². The molecule has 0 unspecified atom stereocenters. The lowest BCUT2D eigenvalue weighted by atomic mass is 10.2. The number of pyridine rings is 1. The van der Waals surface area contributed by atoms with Gasteiger partial charge < -0.3 is 4.57 Å². The third kappa shape index (κ3) is 2.39. The summed E-state index contributed by atoms with van der Waals surface area (Å²) in [6.07, 6.45) is 1.68. The molecule has 0 bridgehead atoms. The first kappa shape index (κ1) is 14.7. The maximum Gasteiger partial charge on any atom is 0.281 e. The van der Waals surface area contributed by atoms with Crippen molar-refractivity contribution in [1.29, 1.82) is 0 Å². The van der Waals surface area contributed by atoms with Crippen LogP contribution < -0.4 is 5.56 Å². The van der Waals surface area contributed by atoms with Gasteiger partial charge in [0.05, 0.1) is 17.0 Å². The number of nitrogens with zero attached hydrogens (tertiary/aromatic N) is 4. The lowest BCUT2D eigenvalue weighted by molar-refractivity contribution is -0.383. The number of hydrogen-bond donors (Lipinski definition) is 0. The fourth-order valence-electron chi connectivity index (χ4n) is 2.37. The van der Waals surface area contributed by atoms with Crippen LogP contribution in [0.5, 0.6) is 0 Å². The van der Waals surface area contributed by atoms with Crippen molar-refractivity contribution in [2.24, 2.45) is 7.05 Å². The molecule has 0 saturated heterocycles. The molecule has 3 rings (SSSR count). The Hall–Kier alpha value is -2.23. The highest BCUT2D eigenvalue weighted by molar-refractivity contribution is 14.1. The summed E-state index contributed by atoms with van der Waals surface area (Å²) in [6, 6.07) is 8.37. The van der Waals surface area contributed by atoms with E-state index in [4.69, 9.17) is 0 Å². The number of halogens is 1. The summed E-state index contributed by atoms with van der Waals surface area (Å²) in [4.78, 5) is 22.8. The number of fused-ring (bicyclic) bond motifs is 1. The molecule has 112 valence electrons. The van der Waals surface area contributed by atoms with Crippen LogP contribution in [-0.2, 0) is 13.6 Å². The number of non-ortho nitro benzene ring substituents is 1. The van der Waals surface area contributed by atoms with Crippen LogP contribution in [0.15, 0.2) is 41.3 Å². The Morgan fingerprint density at radius 3 is 2.82 bits per heavy atom. The SMILES string of the molecule is Cn1cccc(Cn2nc(I)c3c([N+](=O)[O-])cccc32)c1=O. The smallest absolute Gasteiger partial charge is 0.281 e. The van der Waals surface area contributed by atoms with E-state index < -0.39 is 4.92 Å². The van der Waals surface area contributed by atoms with Crippen molar-refractivity contribution in [3.05, 3.63) is 66.3 Å². The highest BCUT2D eigenvalue weighted by Crippen LogP contribution is 2.29.